The summed E-state index contributed by atoms with van der Waals surface area (Å²) in [5.74, 6) is 0.357. The van der Waals surface area contributed by atoms with Crippen molar-refractivity contribution < 1.29 is 18.3 Å². The number of methoxy groups -OCH3 is 1. The van der Waals surface area contributed by atoms with Crippen molar-refractivity contribution in [2.24, 2.45) is 0 Å². The van der Waals surface area contributed by atoms with E-state index in [9.17, 15) is 8.78 Å². The van der Waals surface area contributed by atoms with Crippen LogP contribution < -0.4 is 14.8 Å². The van der Waals surface area contributed by atoms with Gasteiger partial charge in [-0.3, -0.25) is 0 Å². The molecule has 0 aliphatic carbocycles. The van der Waals surface area contributed by atoms with Gasteiger partial charge in [0, 0.05) is 24.0 Å². The van der Waals surface area contributed by atoms with Crippen LogP contribution in [-0.4, -0.2) is 18.7 Å². The van der Waals surface area contributed by atoms with Gasteiger partial charge in [-0.2, -0.15) is 8.78 Å². The highest BCUT2D eigenvalue weighted by Gasteiger charge is 2.15. The molecule has 0 bridgehead atoms. The topological polar surface area (TPSA) is 43.4 Å². The van der Waals surface area contributed by atoms with Crippen LogP contribution >= 0.6 is 11.3 Å². The Hall–Kier alpha value is -1.73. The highest BCUT2D eigenvalue weighted by atomic mass is 32.1. The molecule has 1 aromatic carbocycles. The molecule has 0 aliphatic heterocycles. The van der Waals surface area contributed by atoms with Crippen LogP contribution in [0.2, 0.25) is 0 Å². The van der Waals surface area contributed by atoms with E-state index in [1.807, 2.05) is 12.3 Å². The molecule has 0 amide bonds. The normalized spacial score (nSPS) is 10.9. The summed E-state index contributed by atoms with van der Waals surface area (Å²) < 4.78 is 34.6. The summed E-state index contributed by atoms with van der Waals surface area (Å²) in [6, 6.07) is 5.05. The molecule has 0 radical (unpaired) electrons. The fraction of sp³-hybridized carbons (Fsp3) is 0.357. The Bertz CT molecular complexity index is 590. The van der Waals surface area contributed by atoms with E-state index < -0.39 is 6.61 Å². The van der Waals surface area contributed by atoms with Crippen molar-refractivity contribution in [1.29, 1.82) is 0 Å². The van der Waals surface area contributed by atoms with Crippen molar-refractivity contribution in [1.82, 2.24) is 10.3 Å². The van der Waals surface area contributed by atoms with E-state index >= 15 is 0 Å². The number of benzene rings is 1. The van der Waals surface area contributed by atoms with E-state index in [4.69, 9.17) is 4.74 Å². The number of nitrogens with one attached hydrogen (secondary N) is 1. The van der Waals surface area contributed by atoms with Gasteiger partial charge in [-0.15, -0.1) is 11.3 Å². The number of halogens is 2. The second-order valence-electron chi connectivity index (χ2n) is 4.29. The van der Waals surface area contributed by atoms with E-state index in [1.54, 1.807) is 29.5 Å². The van der Waals surface area contributed by atoms with E-state index in [1.165, 1.54) is 7.11 Å². The van der Waals surface area contributed by atoms with Crippen LogP contribution in [0.1, 0.15) is 16.3 Å². The average molecular weight is 314 g/mol. The summed E-state index contributed by atoms with van der Waals surface area (Å²) in [6.45, 7) is -0.00252. The summed E-state index contributed by atoms with van der Waals surface area (Å²) in [7, 11) is 1.42. The molecule has 0 aliphatic rings. The largest absolute Gasteiger partial charge is 0.493 e. The van der Waals surface area contributed by atoms with Gasteiger partial charge < -0.3 is 14.8 Å². The number of hydrogen-bond acceptors (Lipinski definition) is 5. The summed E-state index contributed by atoms with van der Waals surface area (Å²) in [4.78, 5) is 4.33. The number of nitrogens with zero attached hydrogens (tertiary/aromatic N) is 1. The first kappa shape index (κ1) is 15.7. The smallest absolute Gasteiger partial charge is 0.387 e. The molecule has 7 heteroatoms. The summed E-state index contributed by atoms with van der Waals surface area (Å²) in [6.07, 6.45) is 0. The lowest BCUT2D eigenvalue weighted by Crippen LogP contribution is -2.15. The van der Waals surface area contributed by atoms with Gasteiger partial charge in [0.1, 0.15) is 0 Å². The molecule has 0 atom stereocenters. The SMILES string of the molecule is COc1cccc(CNCc2csc(C)n2)c1OC(F)F. The molecular formula is C14H16F2N2O2S. The summed E-state index contributed by atoms with van der Waals surface area (Å²) in [5.41, 5.74) is 1.54. The first-order valence-electron chi connectivity index (χ1n) is 6.32. The Labute approximate surface area is 125 Å². The molecule has 0 spiro atoms. The number of alkyl halides is 2. The zero-order valence-electron chi connectivity index (χ0n) is 11.7. The Morgan fingerprint density at radius 1 is 1.33 bits per heavy atom. The van der Waals surface area contributed by atoms with Gasteiger partial charge in [0.05, 0.1) is 17.8 Å². The maximum atomic E-state index is 12.5. The van der Waals surface area contributed by atoms with Crippen LogP contribution in [-0.2, 0) is 13.1 Å². The standard InChI is InChI=1S/C14H16F2N2O2S/c1-9-18-11(8-21-9)7-17-6-10-4-3-5-12(19-2)13(10)20-14(15)16/h3-5,8,14,17H,6-7H2,1-2H3. The lowest BCUT2D eigenvalue weighted by molar-refractivity contribution is -0.0518. The van der Waals surface area contributed by atoms with Crippen LogP contribution in [0.4, 0.5) is 8.78 Å². The lowest BCUT2D eigenvalue weighted by Gasteiger charge is -2.14. The predicted molar refractivity (Wildman–Crippen MR) is 77.0 cm³/mol. The molecular weight excluding hydrogens is 298 g/mol. The minimum atomic E-state index is -2.89. The lowest BCUT2D eigenvalue weighted by atomic mass is 10.2. The van der Waals surface area contributed by atoms with Crippen LogP contribution in [0, 0.1) is 6.92 Å². The quantitative estimate of drug-likeness (QED) is 0.851. The van der Waals surface area contributed by atoms with Gasteiger partial charge in [-0.25, -0.2) is 4.98 Å². The van der Waals surface area contributed by atoms with Gasteiger partial charge in [0.15, 0.2) is 11.5 Å². The van der Waals surface area contributed by atoms with E-state index in [0.717, 1.165) is 10.7 Å². The van der Waals surface area contributed by atoms with Crippen LogP contribution in [0.15, 0.2) is 23.6 Å². The molecule has 1 N–H and O–H groups in total. The number of thiazole rings is 1. The first-order valence-corrected chi connectivity index (χ1v) is 7.20. The number of ether oxygens (including phenoxy) is 2. The molecule has 21 heavy (non-hydrogen) atoms. The second kappa shape index (κ2) is 7.33. The maximum absolute atomic E-state index is 12.5. The molecule has 1 aromatic heterocycles. The Kier molecular flexibility index (Phi) is 5.46. The van der Waals surface area contributed by atoms with Gasteiger partial charge in [0.25, 0.3) is 0 Å². The van der Waals surface area contributed by atoms with Crippen LogP contribution in [0.5, 0.6) is 11.5 Å². The van der Waals surface area contributed by atoms with Gasteiger partial charge in [-0.05, 0) is 13.0 Å². The van der Waals surface area contributed by atoms with Crippen LogP contribution in [0.25, 0.3) is 0 Å². The highest BCUT2D eigenvalue weighted by Crippen LogP contribution is 2.32. The van der Waals surface area contributed by atoms with Crippen molar-refractivity contribution in [3.63, 3.8) is 0 Å². The number of hydrogen-bond donors (Lipinski definition) is 1. The van der Waals surface area contributed by atoms with E-state index in [-0.39, 0.29) is 5.75 Å². The van der Waals surface area contributed by atoms with Crippen molar-refractivity contribution in [2.75, 3.05) is 7.11 Å². The molecule has 114 valence electrons. The molecule has 0 saturated heterocycles. The van der Waals surface area contributed by atoms with Crippen LogP contribution in [0.3, 0.4) is 0 Å². The molecule has 4 nitrogen and oxygen atoms in total. The van der Waals surface area contributed by atoms with Crippen molar-refractivity contribution in [2.45, 2.75) is 26.6 Å². The minimum absolute atomic E-state index is 0.0666. The third-order valence-corrected chi connectivity index (χ3v) is 3.60. The summed E-state index contributed by atoms with van der Waals surface area (Å²) >= 11 is 1.57. The Morgan fingerprint density at radius 2 is 2.14 bits per heavy atom. The third-order valence-electron chi connectivity index (χ3n) is 2.78. The average Bonchev–Trinajstić information content (AvgIpc) is 2.85. The van der Waals surface area contributed by atoms with Crippen molar-refractivity contribution in [3.05, 3.63) is 39.8 Å². The number of para-hydroxylation sites is 1. The zero-order chi connectivity index (χ0) is 15.2. The van der Waals surface area contributed by atoms with Gasteiger partial charge in [-0.1, -0.05) is 12.1 Å². The fourth-order valence-corrected chi connectivity index (χ4v) is 2.51. The van der Waals surface area contributed by atoms with Gasteiger partial charge in [0.2, 0.25) is 0 Å². The molecule has 2 rings (SSSR count). The highest BCUT2D eigenvalue weighted by molar-refractivity contribution is 7.09. The maximum Gasteiger partial charge on any atom is 0.387 e. The molecule has 0 unspecified atom stereocenters. The summed E-state index contributed by atoms with van der Waals surface area (Å²) in [5, 5.41) is 6.12. The molecule has 2 aromatic rings. The number of aryl methyl sites for hydroxylation is 1. The monoisotopic (exact) mass is 314 g/mol. The van der Waals surface area contributed by atoms with Crippen molar-refractivity contribution in [3.8, 4) is 11.5 Å². The predicted octanol–water partition coefficient (Wildman–Crippen LogP) is 3.35. The number of aromatic nitrogens is 1. The first-order chi connectivity index (χ1) is 10.1. The third kappa shape index (κ3) is 4.37. The van der Waals surface area contributed by atoms with E-state index in [0.29, 0.717) is 24.4 Å². The molecule has 1 heterocycles. The molecule has 0 fully saturated rings. The Morgan fingerprint density at radius 3 is 2.76 bits per heavy atom. The van der Waals surface area contributed by atoms with Gasteiger partial charge >= 0.3 is 6.61 Å². The van der Waals surface area contributed by atoms with Crippen molar-refractivity contribution >= 4 is 11.3 Å². The zero-order valence-corrected chi connectivity index (χ0v) is 12.5. The minimum Gasteiger partial charge on any atom is -0.493 e. The number of rotatable bonds is 7. The van der Waals surface area contributed by atoms with E-state index in [2.05, 4.69) is 15.0 Å². The second-order valence-corrected chi connectivity index (χ2v) is 5.35. The molecule has 0 saturated carbocycles. The Balaban J connectivity index is 2.04. The fourth-order valence-electron chi connectivity index (χ4n) is 1.90.